The van der Waals surface area contributed by atoms with Gasteiger partial charge in [0, 0.05) is 30.9 Å². The SMILES string of the molecule is CCN(CC)C(=O)c1ccc(NC(=O)C2CCCCN2C(=O)c2cccs2)cc1. The maximum Gasteiger partial charge on any atom is 0.264 e. The number of hydrogen-bond donors (Lipinski definition) is 1. The predicted molar refractivity (Wildman–Crippen MR) is 115 cm³/mol. The Bertz CT molecular complexity index is 845. The Labute approximate surface area is 175 Å². The van der Waals surface area contributed by atoms with Crippen LogP contribution in [-0.4, -0.2) is 53.2 Å². The highest BCUT2D eigenvalue weighted by Gasteiger charge is 2.33. The largest absolute Gasteiger partial charge is 0.339 e. The molecule has 1 aromatic carbocycles. The fourth-order valence-corrected chi connectivity index (χ4v) is 4.28. The Morgan fingerprint density at radius 2 is 1.83 bits per heavy atom. The van der Waals surface area contributed by atoms with Crippen LogP contribution in [0.3, 0.4) is 0 Å². The van der Waals surface area contributed by atoms with Crippen LogP contribution in [0.2, 0.25) is 0 Å². The van der Waals surface area contributed by atoms with E-state index in [1.807, 2.05) is 25.3 Å². The maximum atomic E-state index is 12.9. The van der Waals surface area contributed by atoms with Gasteiger partial charge in [-0.3, -0.25) is 14.4 Å². The summed E-state index contributed by atoms with van der Waals surface area (Å²) in [7, 11) is 0. The molecule has 0 spiro atoms. The Morgan fingerprint density at radius 3 is 2.45 bits per heavy atom. The first kappa shape index (κ1) is 21.0. The zero-order chi connectivity index (χ0) is 20.8. The van der Waals surface area contributed by atoms with Crippen LogP contribution >= 0.6 is 11.3 Å². The average Bonchev–Trinajstić information content (AvgIpc) is 3.29. The molecular formula is C22H27N3O3S. The predicted octanol–water partition coefficient (Wildman–Crippen LogP) is 3.86. The minimum Gasteiger partial charge on any atom is -0.339 e. The van der Waals surface area contributed by atoms with E-state index in [0.29, 0.717) is 42.2 Å². The van der Waals surface area contributed by atoms with Gasteiger partial charge in [0.1, 0.15) is 6.04 Å². The number of likely N-dealkylation sites (tertiary alicyclic amines) is 1. The minimum absolute atomic E-state index is 0.0205. The lowest BCUT2D eigenvalue weighted by Crippen LogP contribution is -2.49. The van der Waals surface area contributed by atoms with Crippen molar-refractivity contribution in [1.82, 2.24) is 9.80 Å². The highest BCUT2D eigenvalue weighted by atomic mass is 32.1. The lowest BCUT2D eigenvalue weighted by molar-refractivity contribution is -0.121. The topological polar surface area (TPSA) is 69.7 Å². The van der Waals surface area contributed by atoms with Crippen molar-refractivity contribution < 1.29 is 14.4 Å². The van der Waals surface area contributed by atoms with Crippen molar-refractivity contribution >= 4 is 34.7 Å². The molecule has 1 N–H and O–H groups in total. The summed E-state index contributed by atoms with van der Waals surface area (Å²) in [5, 5.41) is 4.78. The molecule has 154 valence electrons. The molecule has 6 nitrogen and oxygen atoms in total. The summed E-state index contributed by atoms with van der Waals surface area (Å²) in [6, 6.07) is 10.1. The molecule has 0 aliphatic carbocycles. The standard InChI is InChI=1S/C22H27N3O3S/c1-3-24(4-2)21(27)16-10-12-17(13-11-16)23-20(26)18-8-5-6-14-25(18)22(28)19-9-7-15-29-19/h7,9-13,15,18H,3-6,8,14H2,1-2H3,(H,23,26). The zero-order valence-corrected chi connectivity index (χ0v) is 17.7. The minimum atomic E-state index is -0.477. The van der Waals surface area contributed by atoms with Gasteiger partial charge < -0.3 is 15.1 Å². The van der Waals surface area contributed by atoms with Gasteiger partial charge in [-0.2, -0.15) is 0 Å². The summed E-state index contributed by atoms with van der Waals surface area (Å²) in [4.78, 5) is 42.2. The lowest BCUT2D eigenvalue weighted by atomic mass is 10.0. The smallest absolute Gasteiger partial charge is 0.264 e. The van der Waals surface area contributed by atoms with Gasteiger partial charge in [-0.1, -0.05) is 6.07 Å². The number of thiophene rings is 1. The van der Waals surface area contributed by atoms with E-state index in [1.165, 1.54) is 11.3 Å². The molecule has 1 atom stereocenters. The molecule has 1 fully saturated rings. The van der Waals surface area contributed by atoms with Crippen LogP contribution in [0, 0.1) is 0 Å². The number of anilines is 1. The number of carbonyl (C=O) groups is 3. The van der Waals surface area contributed by atoms with Crippen molar-refractivity contribution in [3.8, 4) is 0 Å². The Hall–Kier alpha value is -2.67. The summed E-state index contributed by atoms with van der Waals surface area (Å²) in [5.74, 6) is -0.287. The monoisotopic (exact) mass is 413 g/mol. The molecule has 0 radical (unpaired) electrons. The van der Waals surface area contributed by atoms with Crippen LogP contribution in [-0.2, 0) is 4.79 Å². The summed E-state index contributed by atoms with van der Waals surface area (Å²) in [6.45, 7) is 5.80. The van der Waals surface area contributed by atoms with Crippen molar-refractivity contribution in [2.24, 2.45) is 0 Å². The normalized spacial score (nSPS) is 16.3. The fraction of sp³-hybridized carbons (Fsp3) is 0.409. The number of carbonyl (C=O) groups excluding carboxylic acids is 3. The number of amides is 3. The van der Waals surface area contributed by atoms with E-state index in [-0.39, 0.29) is 17.7 Å². The number of rotatable bonds is 6. The van der Waals surface area contributed by atoms with Crippen molar-refractivity contribution in [3.63, 3.8) is 0 Å². The number of nitrogens with zero attached hydrogens (tertiary/aromatic N) is 2. The van der Waals surface area contributed by atoms with Gasteiger partial charge in [0.25, 0.3) is 11.8 Å². The van der Waals surface area contributed by atoms with Gasteiger partial charge in [-0.15, -0.1) is 11.3 Å². The average molecular weight is 414 g/mol. The number of nitrogens with one attached hydrogen (secondary N) is 1. The molecule has 3 amide bonds. The second-order valence-electron chi connectivity index (χ2n) is 7.03. The summed E-state index contributed by atoms with van der Waals surface area (Å²) in [5.41, 5.74) is 1.22. The van der Waals surface area contributed by atoms with E-state index in [9.17, 15) is 14.4 Å². The van der Waals surface area contributed by atoms with Crippen LogP contribution in [0.5, 0.6) is 0 Å². The first-order valence-corrected chi connectivity index (χ1v) is 11.0. The Morgan fingerprint density at radius 1 is 1.10 bits per heavy atom. The molecule has 0 bridgehead atoms. The third-order valence-corrected chi connectivity index (χ3v) is 6.11. The van der Waals surface area contributed by atoms with Crippen molar-refractivity contribution in [2.75, 3.05) is 25.0 Å². The third kappa shape index (κ3) is 4.85. The van der Waals surface area contributed by atoms with E-state index in [0.717, 1.165) is 12.8 Å². The highest BCUT2D eigenvalue weighted by molar-refractivity contribution is 7.12. The molecule has 7 heteroatoms. The Balaban J connectivity index is 1.68. The molecule has 1 aromatic heterocycles. The summed E-state index contributed by atoms with van der Waals surface area (Å²) in [6.07, 6.45) is 2.48. The third-order valence-electron chi connectivity index (χ3n) is 5.25. The van der Waals surface area contributed by atoms with Crippen LogP contribution < -0.4 is 5.32 Å². The van der Waals surface area contributed by atoms with Gasteiger partial charge in [0.05, 0.1) is 4.88 Å². The summed E-state index contributed by atoms with van der Waals surface area (Å²) >= 11 is 1.39. The summed E-state index contributed by atoms with van der Waals surface area (Å²) < 4.78 is 0. The van der Waals surface area contributed by atoms with Gasteiger partial charge in [0.15, 0.2) is 0 Å². The molecule has 29 heavy (non-hydrogen) atoms. The molecule has 1 aliphatic heterocycles. The molecule has 2 aromatic rings. The van der Waals surface area contributed by atoms with Crippen LogP contribution in [0.25, 0.3) is 0 Å². The lowest BCUT2D eigenvalue weighted by Gasteiger charge is -2.34. The van der Waals surface area contributed by atoms with Crippen LogP contribution in [0.1, 0.15) is 53.1 Å². The van der Waals surface area contributed by atoms with Crippen LogP contribution in [0.15, 0.2) is 41.8 Å². The first-order valence-electron chi connectivity index (χ1n) is 10.1. The Kier molecular flexibility index (Phi) is 7.04. The number of hydrogen-bond acceptors (Lipinski definition) is 4. The van der Waals surface area contributed by atoms with Crippen molar-refractivity contribution in [1.29, 1.82) is 0 Å². The van der Waals surface area contributed by atoms with Gasteiger partial charge in [-0.05, 0) is 68.8 Å². The van der Waals surface area contributed by atoms with Crippen molar-refractivity contribution in [2.45, 2.75) is 39.2 Å². The van der Waals surface area contributed by atoms with Gasteiger partial charge >= 0.3 is 0 Å². The molecule has 1 aliphatic rings. The molecule has 1 saturated heterocycles. The second-order valence-corrected chi connectivity index (χ2v) is 7.98. The van der Waals surface area contributed by atoms with E-state index >= 15 is 0 Å². The van der Waals surface area contributed by atoms with E-state index in [1.54, 1.807) is 40.1 Å². The van der Waals surface area contributed by atoms with Crippen molar-refractivity contribution in [3.05, 3.63) is 52.2 Å². The van der Waals surface area contributed by atoms with E-state index in [4.69, 9.17) is 0 Å². The molecular weight excluding hydrogens is 386 g/mol. The second kappa shape index (κ2) is 9.69. The molecule has 3 rings (SSSR count). The number of benzene rings is 1. The maximum absolute atomic E-state index is 12.9. The van der Waals surface area contributed by atoms with Gasteiger partial charge in [-0.25, -0.2) is 0 Å². The van der Waals surface area contributed by atoms with E-state index in [2.05, 4.69) is 5.32 Å². The number of piperidine rings is 1. The molecule has 2 heterocycles. The quantitative estimate of drug-likeness (QED) is 0.782. The zero-order valence-electron chi connectivity index (χ0n) is 16.9. The van der Waals surface area contributed by atoms with Crippen LogP contribution in [0.4, 0.5) is 5.69 Å². The first-order chi connectivity index (χ1) is 14.0. The van der Waals surface area contributed by atoms with Gasteiger partial charge in [0.2, 0.25) is 5.91 Å². The molecule has 1 unspecified atom stereocenters. The van der Waals surface area contributed by atoms with E-state index < -0.39 is 6.04 Å². The fourth-order valence-electron chi connectivity index (χ4n) is 3.60. The highest BCUT2D eigenvalue weighted by Crippen LogP contribution is 2.23. The molecule has 0 saturated carbocycles.